The highest BCUT2D eigenvalue weighted by molar-refractivity contribution is 5.25. The third-order valence-electron chi connectivity index (χ3n) is 2.97. The molecule has 1 saturated heterocycles. The molecular formula is C9H14N4O2. The molecule has 2 fully saturated rings. The van der Waals surface area contributed by atoms with Crippen LogP contribution in [0.2, 0.25) is 0 Å². The first-order valence-electron chi connectivity index (χ1n) is 5.30. The Hall–Kier alpha value is -1.30. The van der Waals surface area contributed by atoms with E-state index >= 15 is 0 Å². The van der Waals surface area contributed by atoms with Gasteiger partial charge >= 0.3 is 12.0 Å². The van der Waals surface area contributed by atoms with E-state index in [9.17, 15) is 0 Å². The van der Waals surface area contributed by atoms with Crippen LogP contribution in [0.5, 0.6) is 0 Å². The van der Waals surface area contributed by atoms with Gasteiger partial charge < -0.3 is 20.2 Å². The molecule has 82 valence electrons. The van der Waals surface area contributed by atoms with E-state index in [-0.39, 0.29) is 12.1 Å². The molecule has 2 unspecified atom stereocenters. The molecule has 0 amide bonds. The summed E-state index contributed by atoms with van der Waals surface area (Å²) < 4.78 is 10.8. The van der Waals surface area contributed by atoms with Crippen LogP contribution >= 0.6 is 0 Å². The Kier molecular flexibility index (Phi) is 2.02. The Morgan fingerprint density at radius 2 is 2.13 bits per heavy atom. The first-order chi connectivity index (χ1) is 7.33. The Morgan fingerprint density at radius 1 is 1.27 bits per heavy atom. The normalized spacial score (nSPS) is 30.7. The van der Waals surface area contributed by atoms with Crippen LogP contribution < -0.4 is 11.1 Å². The molecule has 1 saturated carbocycles. The number of anilines is 2. The highest BCUT2D eigenvalue weighted by atomic mass is 16.5. The van der Waals surface area contributed by atoms with Gasteiger partial charge in [0.25, 0.3) is 0 Å². The Labute approximate surface area is 87.2 Å². The number of nitrogens with one attached hydrogen (secondary N) is 1. The van der Waals surface area contributed by atoms with E-state index in [0.29, 0.717) is 18.0 Å². The summed E-state index contributed by atoms with van der Waals surface area (Å²) >= 11 is 0. The van der Waals surface area contributed by atoms with E-state index in [0.717, 1.165) is 13.0 Å². The van der Waals surface area contributed by atoms with Gasteiger partial charge in [-0.2, -0.15) is 0 Å². The van der Waals surface area contributed by atoms with Crippen LogP contribution in [0, 0.1) is 5.92 Å². The van der Waals surface area contributed by atoms with Gasteiger partial charge in [-0.15, -0.1) is 0 Å². The van der Waals surface area contributed by atoms with Gasteiger partial charge in [-0.25, -0.2) is 0 Å². The largest absolute Gasteiger partial charge is 0.390 e. The molecule has 2 atom stereocenters. The van der Waals surface area contributed by atoms with Crippen LogP contribution in [0.25, 0.3) is 0 Å². The molecule has 1 aliphatic heterocycles. The number of rotatable bonds is 3. The minimum absolute atomic E-state index is 0.0967. The number of aromatic nitrogens is 2. The van der Waals surface area contributed by atoms with Gasteiger partial charge in [-0.05, 0) is 25.2 Å². The third-order valence-corrected chi connectivity index (χ3v) is 2.97. The molecule has 1 aliphatic carbocycles. The van der Waals surface area contributed by atoms with Gasteiger partial charge in [0.1, 0.15) is 0 Å². The predicted molar refractivity (Wildman–Crippen MR) is 53.2 cm³/mol. The van der Waals surface area contributed by atoms with E-state index in [1.165, 1.54) is 12.8 Å². The van der Waals surface area contributed by atoms with Crippen molar-refractivity contribution in [2.75, 3.05) is 17.7 Å². The maximum atomic E-state index is 5.68. The molecule has 6 nitrogen and oxygen atoms in total. The summed E-state index contributed by atoms with van der Waals surface area (Å²) in [6.45, 7) is 0.808. The minimum Gasteiger partial charge on any atom is -0.390 e. The Bertz CT molecular complexity index is 350. The Balaban J connectivity index is 1.66. The van der Waals surface area contributed by atoms with E-state index in [4.69, 9.17) is 14.9 Å². The number of nitrogens with zero attached hydrogens (tertiary/aromatic N) is 2. The molecule has 0 spiro atoms. The van der Waals surface area contributed by atoms with Crippen LogP contribution in [0.15, 0.2) is 4.42 Å². The predicted octanol–water partition coefficient (Wildman–Crippen LogP) is 0.631. The third kappa shape index (κ3) is 1.77. The van der Waals surface area contributed by atoms with Crippen molar-refractivity contribution in [3.8, 4) is 0 Å². The molecule has 2 heterocycles. The summed E-state index contributed by atoms with van der Waals surface area (Å²) in [5.74, 6) is 0.713. The summed E-state index contributed by atoms with van der Waals surface area (Å²) in [6.07, 6.45) is 3.84. The van der Waals surface area contributed by atoms with E-state index in [2.05, 4.69) is 15.5 Å². The molecule has 1 aromatic rings. The topological polar surface area (TPSA) is 86.2 Å². The summed E-state index contributed by atoms with van der Waals surface area (Å²) in [5, 5.41) is 10.6. The number of ether oxygens (including phenoxy) is 1. The van der Waals surface area contributed by atoms with Crippen molar-refractivity contribution in [3.05, 3.63) is 0 Å². The van der Waals surface area contributed by atoms with Crippen molar-refractivity contribution in [1.82, 2.24) is 10.2 Å². The fourth-order valence-electron chi connectivity index (χ4n) is 2.11. The highest BCUT2D eigenvalue weighted by Gasteiger charge is 2.41. The summed E-state index contributed by atoms with van der Waals surface area (Å²) in [6, 6.07) is 0.783. The standard InChI is InChI=1S/C9H14N4O2/c10-8-12-13-9(15-8)11-6-3-4-14-7(6)5-1-2-5/h5-7H,1-4H2,(H2,10,12)(H,11,13). The zero-order chi connectivity index (χ0) is 10.3. The lowest BCUT2D eigenvalue weighted by atomic mass is 10.1. The number of nitrogen functional groups attached to an aromatic ring is 1. The first-order valence-corrected chi connectivity index (χ1v) is 5.30. The van der Waals surface area contributed by atoms with E-state index < -0.39 is 0 Å². The number of hydrogen-bond acceptors (Lipinski definition) is 6. The minimum atomic E-state index is 0.0967. The molecular weight excluding hydrogens is 196 g/mol. The van der Waals surface area contributed by atoms with Gasteiger partial charge in [-0.1, -0.05) is 10.2 Å². The number of hydrogen-bond donors (Lipinski definition) is 2. The lowest BCUT2D eigenvalue weighted by Crippen LogP contribution is -2.31. The molecule has 3 rings (SSSR count). The lowest BCUT2D eigenvalue weighted by molar-refractivity contribution is 0.0895. The highest BCUT2D eigenvalue weighted by Crippen LogP contribution is 2.39. The van der Waals surface area contributed by atoms with E-state index in [1.54, 1.807) is 0 Å². The van der Waals surface area contributed by atoms with Gasteiger partial charge in [-0.3, -0.25) is 0 Å². The maximum Gasteiger partial charge on any atom is 0.317 e. The summed E-state index contributed by atoms with van der Waals surface area (Å²) in [7, 11) is 0. The monoisotopic (exact) mass is 210 g/mol. The maximum absolute atomic E-state index is 5.68. The summed E-state index contributed by atoms with van der Waals surface area (Å²) in [5.41, 5.74) is 5.35. The van der Waals surface area contributed by atoms with Crippen molar-refractivity contribution in [3.63, 3.8) is 0 Å². The van der Waals surface area contributed by atoms with Crippen molar-refractivity contribution >= 4 is 12.0 Å². The second-order valence-corrected chi connectivity index (χ2v) is 4.16. The number of nitrogens with two attached hydrogens (primary N) is 1. The SMILES string of the molecule is Nc1nnc(NC2CCOC2C2CC2)o1. The molecule has 0 aromatic carbocycles. The van der Waals surface area contributed by atoms with Crippen molar-refractivity contribution in [1.29, 1.82) is 0 Å². The van der Waals surface area contributed by atoms with Crippen LogP contribution in [-0.2, 0) is 4.74 Å². The molecule has 6 heteroatoms. The summed E-state index contributed by atoms with van der Waals surface area (Å²) in [4.78, 5) is 0. The lowest BCUT2D eigenvalue weighted by Gasteiger charge is -2.17. The first kappa shape index (κ1) is 8.96. The average Bonchev–Trinajstić information content (AvgIpc) is 2.83. The average molecular weight is 210 g/mol. The van der Waals surface area contributed by atoms with Gasteiger partial charge in [0, 0.05) is 6.61 Å². The molecule has 0 bridgehead atoms. The smallest absolute Gasteiger partial charge is 0.317 e. The van der Waals surface area contributed by atoms with Crippen molar-refractivity contribution < 1.29 is 9.15 Å². The van der Waals surface area contributed by atoms with E-state index in [1.807, 2.05) is 0 Å². The molecule has 0 radical (unpaired) electrons. The van der Waals surface area contributed by atoms with Crippen LogP contribution in [0.3, 0.4) is 0 Å². The van der Waals surface area contributed by atoms with Gasteiger partial charge in [0.2, 0.25) is 0 Å². The van der Waals surface area contributed by atoms with Crippen LogP contribution in [-0.4, -0.2) is 29.0 Å². The van der Waals surface area contributed by atoms with Crippen LogP contribution in [0.4, 0.5) is 12.0 Å². The zero-order valence-corrected chi connectivity index (χ0v) is 8.35. The van der Waals surface area contributed by atoms with Gasteiger partial charge in [0.15, 0.2) is 0 Å². The molecule has 15 heavy (non-hydrogen) atoms. The fourth-order valence-corrected chi connectivity index (χ4v) is 2.11. The molecule has 3 N–H and O–H groups in total. The molecule has 1 aromatic heterocycles. The molecule has 2 aliphatic rings. The van der Waals surface area contributed by atoms with Crippen molar-refractivity contribution in [2.24, 2.45) is 5.92 Å². The second kappa shape index (κ2) is 3.37. The second-order valence-electron chi connectivity index (χ2n) is 4.16. The zero-order valence-electron chi connectivity index (χ0n) is 8.35. The van der Waals surface area contributed by atoms with Gasteiger partial charge in [0.05, 0.1) is 12.1 Å². The van der Waals surface area contributed by atoms with Crippen molar-refractivity contribution in [2.45, 2.75) is 31.4 Å². The van der Waals surface area contributed by atoms with Crippen LogP contribution in [0.1, 0.15) is 19.3 Å². The Morgan fingerprint density at radius 3 is 2.80 bits per heavy atom. The fraction of sp³-hybridized carbons (Fsp3) is 0.778. The quantitative estimate of drug-likeness (QED) is 0.761.